The molecule has 0 unspecified atom stereocenters. The summed E-state index contributed by atoms with van der Waals surface area (Å²) in [6.45, 7) is 6.05. The molecule has 5 nitrogen and oxygen atoms in total. The molecular formula is C19H22F3N3O2. The van der Waals surface area contributed by atoms with E-state index in [1.54, 1.807) is 4.90 Å². The van der Waals surface area contributed by atoms with Gasteiger partial charge in [-0.25, -0.2) is 4.79 Å². The van der Waals surface area contributed by atoms with Crippen molar-refractivity contribution < 1.29 is 22.8 Å². The first-order valence-electron chi connectivity index (χ1n) is 8.78. The molecule has 0 saturated heterocycles. The molecule has 1 aromatic rings. The molecule has 0 aliphatic carbocycles. The number of likely N-dealkylation sites (N-methyl/N-ethyl adjacent to an activating group) is 1. The van der Waals surface area contributed by atoms with Gasteiger partial charge < -0.3 is 10.2 Å². The fourth-order valence-corrected chi connectivity index (χ4v) is 3.52. The second-order valence-electron chi connectivity index (χ2n) is 7.30. The molecule has 0 aromatic heterocycles. The number of nitrogens with one attached hydrogen (secondary N) is 1. The van der Waals surface area contributed by atoms with Gasteiger partial charge in [0.05, 0.1) is 29.4 Å². The van der Waals surface area contributed by atoms with E-state index in [0.29, 0.717) is 5.70 Å². The van der Waals surface area contributed by atoms with Crippen molar-refractivity contribution in [2.75, 3.05) is 13.6 Å². The van der Waals surface area contributed by atoms with Gasteiger partial charge in [0.25, 0.3) is 5.91 Å². The normalized spacial score (nSPS) is 21.7. The van der Waals surface area contributed by atoms with Crippen LogP contribution < -0.4 is 5.32 Å². The Morgan fingerprint density at radius 1 is 1.15 bits per heavy atom. The van der Waals surface area contributed by atoms with Gasteiger partial charge in [-0.2, -0.15) is 13.2 Å². The average molecular weight is 381 g/mol. The molecule has 0 saturated carbocycles. The molecule has 146 valence electrons. The molecular weight excluding hydrogens is 359 g/mol. The summed E-state index contributed by atoms with van der Waals surface area (Å²) in [5, 5.41) is 2.57. The topological polar surface area (TPSA) is 52.7 Å². The lowest BCUT2D eigenvalue weighted by atomic mass is 9.91. The van der Waals surface area contributed by atoms with Gasteiger partial charge in [0.1, 0.15) is 0 Å². The highest BCUT2D eigenvalue weighted by Crippen LogP contribution is 2.41. The Kier molecular flexibility index (Phi) is 4.69. The molecule has 2 atom stereocenters. The standard InChI is InChI=1S/C19H22F3N3O2/c1-10(2)11(3)25-9-14-15(17(25)26)16(23-18(27)24(14)4)12-7-5-6-8-13(12)19(20,21)22/h5-8,10-11,16H,9H2,1-4H3,(H,23,27)/t11-,16-/m0/s1. The SMILES string of the molecule is CC(C)[C@H](C)N1CC2=C(C1=O)[C@H](c1ccccc1C(F)(F)F)NC(=O)N2C. The van der Waals surface area contributed by atoms with Gasteiger partial charge in [0, 0.05) is 13.1 Å². The van der Waals surface area contributed by atoms with E-state index >= 15 is 0 Å². The van der Waals surface area contributed by atoms with Crippen LogP contribution in [0.1, 0.15) is 37.9 Å². The van der Waals surface area contributed by atoms with Crippen molar-refractivity contribution in [3.8, 4) is 0 Å². The van der Waals surface area contributed by atoms with E-state index in [1.165, 1.54) is 30.1 Å². The van der Waals surface area contributed by atoms with Crippen molar-refractivity contribution >= 4 is 11.9 Å². The lowest BCUT2D eigenvalue weighted by molar-refractivity contribution is -0.138. The maximum absolute atomic E-state index is 13.5. The zero-order valence-corrected chi connectivity index (χ0v) is 15.6. The Bertz CT molecular complexity index is 817. The minimum absolute atomic E-state index is 0.106. The zero-order chi connectivity index (χ0) is 20.1. The van der Waals surface area contributed by atoms with Crippen LogP contribution in [0.4, 0.5) is 18.0 Å². The van der Waals surface area contributed by atoms with E-state index in [1.807, 2.05) is 20.8 Å². The summed E-state index contributed by atoms with van der Waals surface area (Å²) in [5.74, 6) is -0.162. The Balaban J connectivity index is 2.11. The molecule has 8 heteroatoms. The van der Waals surface area contributed by atoms with Gasteiger partial charge >= 0.3 is 12.2 Å². The van der Waals surface area contributed by atoms with E-state index in [0.717, 1.165) is 6.07 Å². The molecule has 2 aliphatic heterocycles. The van der Waals surface area contributed by atoms with Gasteiger partial charge in [0.2, 0.25) is 0 Å². The second kappa shape index (κ2) is 6.58. The predicted molar refractivity (Wildman–Crippen MR) is 93.5 cm³/mol. The fourth-order valence-electron chi connectivity index (χ4n) is 3.52. The molecule has 3 amide bonds. The number of amides is 3. The Labute approximate surface area is 155 Å². The summed E-state index contributed by atoms with van der Waals surface area (Å²) in [4.78, 5) is 28.4. The lowest BCUT2D eigenvalue weighted by Gasteiger charge is -2.32. The van der Waals surface area contributed by atoms with E-state index in [-0.39, 0.29) is 35.5 Å². The zero-order valence-electron chi connectivity index (χ0n) is 15.6. The van der Waals surface area contributed by atoms with Crippen molar-refractivity contribution in [1.29, 1.82) is 0 Å². The second-order valence-corrected chi connectivity index (χ2v) is 7.30. The summed E-state index contributed by atoms with van der Waals surface area (Å²) in [6.07, 6.45) is -4.59. The Morgan fingerprint density at radius 3 is 2.37 bits per heavy atom. The minimum Gasteiger partial charge on any atom is -0.330 e. The van der Waals surface area contributed by atoms with Crippen LogP contribution in [0.15, 0.2) is 35.5 Å². The van der Waals surface area contributed by atoms with Crippen LogP contribution in [0.2, 0.25) is 0 Å². The Hall–Kier alpha value is -2.51. The van der Waals surface area contributed by atoms with Gasteiger partial charge in [-0.05, 0) is 24.5 Å². The quantitative estimate of drug-likeness (QED) is 0.871. The monoisotopic (exact) mass is 381 g/mol. The molecule has 0 spiro atoms. The van der Waals surface area contributed by atoms with Gasteiger partial charge in [-0.1, -0.05) is 32.0 Å². The highest BCUT2D eigenvalue weighted by Gasteiger charge is 2.46. The van der Waals surface area contributed by atoms with Crippen LogP contribution in [0.5, 0.6) is 0 Å². The molecule has 1 N–H and O–H groups in total. The van der Waals surface area contributed by atoms with Crippen molar-refractivity contribution in [3.05, 3.63) is 46.7 Å². The largest absolute Gasteiger partial charge is 0.416 e. The smallest absolute Gasteiger partial charge is 0.330 e. The first kappa shape index (κ1) is 19.3. The van der Waals surface area contributed by atoms with Crippen LogP contribution in [0, 0.1) is 5.92 Å². The van der Waals surface area contributed by atoms with Gasteiger partial charge in [-0.3, -0.25) is 9.69 Å². The summed E-state index contributed by atoms with van der Waals surface area (Å²) in [6, 6.07) is 3.29. The van der Waals surface area contributed by atoms with E-state index in [2.05, 4.69) is 5.32 Å². The van der Waals surface area contributed by atoms with Crippen molar-refractivity contribution in [3.63, 3.8) is 0 Å². The third-order valence-electron chi connectivity index (χ3n) is 5.42. The molecule has 0 bridgehead atoms. The van der Waals surface area contributed by atoms with Crippen LogP contribution in [-0.4, -0.2) is 41.4 Å². The van der Waals surface area contributed by atoms with E-state index in [4.69, 9.17) is 0 Å². The van der Waals surface area contributed by atoms with Crippen LogP contribution in [0.25, 0.3) is 0 Å². The molecule has 0 fully saturated rings. The molecule has 2 heterocycles. The number of rotatable bonds is 3. The number of nitrogens with zero attached hydrogens (tertiary/aromatic N) is 2. The molecule has 2 aliphatic rings. The van der Waals surface area contributed by atoms with Gasteiger partial charge in [-0.15, -0.1) is 0 Å². The van der Waals surface area contributed by atoms with Crippen molar-refractivity contribution in [1.82, 2.24) is 15.1 Å². The summed E-state index contributed by atoms with van der Waals surface area (Å²) in [5.41, 5.74) is -0.305. The number of benzene rings is 1. The first-order chi connectivity index (χ1) is 12.5. The summed E-state index contributed by atoms with van der Waals surface area (Å²) < 4.78 is 40.5. The third-order valence-corrected chi connectivity index (χ3v) is 5.42. The number of hydrogen-bond donors (Lipinski definition) is 1. The minimum atomic E-state index is -4.59. The molecule has 1 aromatic carbocycles. The number of hydrogen-bond acceptors (Lipinski definition) is 2. The van der Waals surface area contributed by atoms with Crippen LogP contribution in [-0.2, 0) is 11.0 Å². The molecule has 27 heavy (non-hydrogen) atoms. The van der Waals surface area contributed by atoms with Crippen LogP contribution in [0.3, 0.4) is 0 Å². The van der Waals surface area contributed by atoms with Crippen LogP contribution >= 0.6 is 0 Å². The summed E-state index contributed by atoms with van der Waals surface area (Å²) >= 11 is 0. The third kappa shape index (κ3) is 3.17. The molecule has 0 radical (unpaired) electrons. The maximum atomic E-state index is 13.5. The highest BCUT2D eigenvalue weighted by molar-refractivity contribution is 6.01. The molecule has 3 rings (SSSR count). The fraction of sp³-hybridized carbons (Fsp3) is 0.474. The van der Waals surface area contributed by atoms with E-state index in [9.17, 15) is 22.8 Å². The highest BCUT2D eigenvalue weighted by atomic mass is 19.4. The van der Waals surface area contributed by atoms with Gasteiger partial charge in [0.15, 0.2) is 0 Å². The number of carbonyl (C=O) groups is 2. The Morgan fingerprint density at radius 2 is 1.78 bits per heavy atom. The number of halogens is 3. The average Bonchev–Trinajstić information content (AvgIpc) is 2.94. The number of alkyl halides is 3. The maximum Gasteiger partial charge on any atom is 0.416 e. The first-order valence-corrected chi connectivity index (χ1v) is 8.78. The lowest BCUT2D eigenvalue weighted by Crippen LogP contribution is -2.45. The summed E-state index contributed by atoms with van der Waals surface area (Å²) in [7, 11) is 1.52. The van der Waals surface area contributed by atoms with Crippen molar-refractivity contribution in [2.24, 2.45) is 5.92 Å². The predicted octanol–water partition coefficient (Wildman–Crippen LogP) is 3.54. The van der Waals surface area contributed by atoms with Crippen molar-refractivity contribution in [2.45, 2.75) is 39.0 Å². The number of carbonyl (C=O) groups excluding carboxylic acids is 2. The number of urea groups is 1. The van der Waals surface area contributed by atoms with E-state index < -0.39 is 23.8 Å².